The summed E-state index contributed by atoms with van der Waals surface area (Å²) in [6.45, 7) is 7.06. The first-order valence-corrected chi connectivity index (χ1v) is 9.23. The quantitative estimate of drug-likeness (QED) is 0.563. The molecule has 5 nitrogen and oxygen atoms in total. The molecule has 0 unspecified atom stereocenters. The zero-order chi connectivity index (χ0) is 20.2. The SMILES string of the molecule is CN(C)C(=O)c1ccc(N2CC[C@H](/C=C\CCOC(C)(C)C)C2=O)c(F)c1. The molecule has 1 atom stereocenters. The van der Waals surface area contributed by atoms with Gasteiger partial charge in [-0.3, -0.25) is 9.59 Å². The fourth-order valence-electron chi connectivity index (χ4n) is 2.93. The summed E-state index contributed by atoms with van der Waals surface area (Å²) in [5.41, 5.74) is 0.316. The summed E-state index contributed by atoms with van der Waals surface area (Å²) >= 11 is 0. The Balaban J connectivity index is 1.99. The first-order chi connectivity index (χ1) is 12.6. The van der Waals surface area contributed by atoms with Gasteiger partial charge in [0.15, 0.2) is 0 Å². The van der Waals surface area contributed by atoms with E-state index in [4.69, 9.17) is 4.74 Å². The number of carbonyl (C=O) groups excluding carboxylic acids is 2. The zero-order valence-corrected chi connectivity index (χ0v) is 16.8. The van der Waals surface area contributed by atoms with Gasteiger partial charge >= 0.3 is 0 Å². The number of ether oxygens (including phenoxy) is 1. The van der Waals surface area contributed by atoms with E-state index < -0.39 is 5.82 Å². The van der Waals surface area contributed by atoms with Crippen LogP contribution < -0.4 is 4.90 Å². The Morgan fingerprint density at radius 3 is 2.67 bits per heavy atom. The number of benzene rings is 1. The molecule has 0 spiro atoms. The van der Waals surface area contributed by atoms with Gasteiger partial charge in [-0.1, -0.05) is 12.2 Å². The molecule has 0 bridgehead atoms. The van der Waals surface area contributed by atoms with E-state index >= 15 is 0 Å². The highest BCUT2D eigenvalue weighted by Gasteiger charge is 2.32. The van der Waals surface area contributed by atoms with Crippen molar-refractivity contribution in [2.45, 2.75) is 39.2 Å². The van der Waals surface area contributed by atoms with Crippen LogP contribution in [-0.4, -0.2) is 49.6 Å². The van der Waals surface area contributed by atoms with Gasteiger partial charge in [-0.25, -0.2) is 4.39 Å². The van der Waals surface area contributed by atoms with E-state index in [1.54, 1.807) is 20.2 Å². The van der Waals surface area contributed by atoms with E-state index in [9.17, 15) is 14.0 Å². The van der Waals surface area contributed by atoms with Crippen LogP contribution in [-0.2, 0) is 9.53 Å². The van der Waals surface area contributed by atoms with Crippen molar-refractivity contribution in [2.75, 3.05) is 32.1 Å². The molecule has 2 rings (SSSR count). The van der Waals surface area contributed by atoms with Crippen molar-refractivity contribution in [3.05, 3.63) is 41.7 Å². The van der Waals surface area contributed by atoms with Gasteiger partial charge in [0.05, 0.1) is 23.8 Å². The number of hydrogen-bond donors (Lipinski definition) is 0. The van der Waals surface area contributed by atoms with Crippen LogP contribution in [0.25, 0.3) is 0 Å². The number of amides is 2. The molecular weight excluding hydrogens is 347 g/mol. The van der Waals surface area contributed by atoms with Crippen molar-refractivity contribution in [2.24, 2.45) is 5.92 Å². The first-order valence-electron chi connectivity index (χ1n) is 9.23. The molecule has 1 saturated heterocycles. The lowest BCUT2D eigenvalue weighted by atomic mass is 10.1. The molecular formula is C21H29FN2O3. The molecule has 6 heteroatoms. The van der Waals surface area contributed by atoms with Crippen molar-refractivity contribution in [1.29, 1.82) is 0 Å². The maximum absolute atomic E-state index is 14.5. The molecule has 0 N–H and O–H groups in total. The van der Waals surface area contributed by atoms with Crippen LogP contribution in [0.15, 0.2) is 30.4 Å². The Kier molecular flexibility index (Phi) is 6.76. The lowest BCUT2D eigenvalue weighted by Gasteiger charge is -2.19. The summed E-state index contributed by atoms with van der Waals surface area (Å²) in [6, 6.07) is 4.26. The third-order valence-corrected chi connectivity index (χ3v) is 4.33. The van der Waals surface area contributed by atoms with E-state index in [-0.39, 0.29) is 34.6 Å². The van der Waals surface area contributed by atoms with Gasteiger partial charge in [0, 0.05) is 26.2 Å². The second-order valence-corrected chi connectivity index (χ2v) is 7.93. The van der Waals surface area contributed by atoms with Crippen LogP contribution in [0.3, 0.4) is 0 Å². The van der Waals surface area contributed by atoms with Crippen molar-refractivity contribution in [1.82, 2.24) is 4.90 Å². The summed E-state index contributed by atoms with van der Waals surface area (Å²) in [6.07, 6.45) is 5.22. The van der Waals surface area contributed by atoms with Crippen molar-refractivity contribution in [3.63, 3.8) is 0 Å². The average Bonchev–Trinajstić information content (AvgIpc) is 2.93. The highest BCUT2D eigenvalue weighted by Crippen LogP contribution is 2.29. The number of halogens is 1. The van der Waals surface area contributed by atoms with Crippen LogP contribution in [0.4, 0.5) is 10.1 Å². The summed E-state index contributed by atoms with van der Waals surface area (Å²) < 4.78 is 20.1. The topological polar surface area (TPSA) is 49.9 Å². The first kappa shape index (κ1) is 21.1. The molecule has 1 aromatic carbocycles. The van der Waals surface area contributed by atoms with Gasteiger partial charge < -0.3 is 14.5 Å². The van der Waals surface area contributed by atoms with E-state index in [0.717, 1.165) is 6.42 Å². The van der Waals surface area contributed by atoms with Crippen molar-refractivity contribution < 1.29 is 18.7 Å². The van der Waals surface area contributed by atoms with E-state index in [1.165, 1.54) is 21.9 Å². The number of rotatable bonds is 6. The fourth-order valence-corrected chi connectivity index (χ4v) is 2.93. The van der Waals surface area contributed by atoms with Gasteiger partial charge in [-0.05, 0) is 51.8 Å². The molecule has 27 heavy (non-hydrogen) atoms. The van der Waals surface area contributed by atoms with Gasteiger partial charge in [-0.15, -0.1) is 0 Å². The van der Waals surface area contributed by atoms with Crippen molar-refractivity contribution in [3.8, 4) is 0 Å². The third-order valence-electron chi connectivity index (χ3n) is 4.33. The number of carbonyl (C=O) groups is 2. The number of anilines is 1. The standard InChI is InChI=1S/C21H29FN2O3/c1-21(2,3)27-13-7-6-8-15-11-12-24(20(15)26)18-10-9-16(14-17(18)22)19(25)23(4)5/h6,8-10,14-15H,7,11-13H2,1-5H3/b8-6-/t15-/m0/s1. The van der Waals surface area contributed by atoms with Crippen molar-refractivity contribution >= 4 is 17.5 Å². The Bertz CT molecular complexity index is 723. The number of hydrogen-bond acceptors (Lipinski definition) is 3. The Hall–Kier alpha value is -2.21. The summed E-state index contributed by atoms with van der Waals surface area (Å²) in [4.78, 5) is 27.4. The molecule has 1 aromatic rings. The molecule has 0 aliphatic carbocycles. The van der Waals surface area contributed by atoms with E-state index in [1.807, 2.05) is 32.9 Å². The molecule has 1 fully saturated rings. The average molecular weight is 376 g/mol. The molecule has 1 aliphatic heterocycles. The predicted molar refractivity (Wildman–Crippen MR) is 104 cm³/mol. The number of nitrogens with zero attached hydrogens (tertiary/aromatic N) is 2. The zero-order valence-electron chi connectivity index (χ0n) is 16.8. The minimum absolute atomic E-state index is 0.117. The van der Waals surface area contributed by atoms with Gasteiger partial charge in [-0.2, -0.15) is 0 Å². The highest BCUT2D eigenvalue weighted by molar-refractivity contribution is 5.99. The maximum atomic E-state index is 14.5. The fraction of sp³-hybridized carbons (Fsp3) is 0.524. The van der Waals surface area contributed by atoms with Crippen LogP contribution in [0.2, 0.25) is 0 Å². The summed E-state index contributed by atoms with van der Waals surface area (Å²) in [5, 5.41) is 0. The third kappa shape index (κ3) is 5.63. The molecule has 1 heterocycles. The lowest BCUT2D eigenvalue weighted by Crippen LogP contribution is -2.28. The predicted octanol–water partition coefficient (Wildman–Crippen LogP) is 3.64. The Labute approximate surface area is 160 Å². The second kappa shape index (κ2) is 8.65. The molecule has 148 valence electrons. The minimum atomic E-state index is -0.556. The monoisotopic (exact) mass is 376 g/mol. The second-order valence-electron chi connectivity index (χ2n) is 7.93. The molecule has 0 aromatic heterocycles. The van der Waals surface area contributed by atoms with E-state index in [2.05, 4.69) is 0 Å². The van der Waals surface area contributed by atoms with Crippen LogP contribution >= 0.6 is 0 Å². The van der Waals surface area contributed by atoms with Gasteiger partial charge in [0.25, 0.3) is 5.91 Å². The molecule has 0 saturated carbocycles. The van der Waals surface area contributed by atoms with Crippen LogP contribution in [0.5, 0.6) is 0 Å². The Morgan fingerprint density at radius 2 is 2.07 bits per heavy atom. The Morgan fingerprint density at radius 1 is 1.37 bits per heavy atom. The van der Waals surface area contributed by atoms with Gasteiger partial charge in [0.2, 0.25) is 5.91 Å². The normalized spacial score (nSPS) is 17.8. The largest absolute Gasteiger partial charge is 0.376 e. The summed E-state index contributed by atoms with van der Waals surface area (Å²) in [5.74, 6) is -1.19. The van der Waals surface area contributed by atoms with Crippen LogP contribution in [0, 0.1) is 11.7 Å². The molecule has 1 aliphatic rings. The minimum Gasteiger partial charge on any atom is -0.376 e. The van der Waals surface area contributed by atoms with Gasteiger partial charge in [0.1, 0.15) is 5.82 Å². The smallest absolute Gasteiger partial charge is 0.253 e. The molecule has 0 radical (unpaired) electrons. The lowest BCUT2D eigenvalue weighted by molar-refractivity contribution is -0.119. The highest BCUT2D eigenvalue weighted by atomic mass is 19.1. The van der Waals surface area contributed by atoms with Crippen LogP contribution in [0.1, 0.15) is 44.0 Å². The molecule has 2 amide bonds. The maximum Gasteiger partial charge on any atom is 0.253 e. The summed E-state index contributed by atoms with van der Waals surface area (Å²) in [7, 11) is 3.23. The van der Waals surface area contributed by atoms with E-state index in [0.29, 0.717) is 19.6 Å².